The summed E-state index contributed by atoms with van der Waals surface area (Å²) < 4.78 is 0. The zero-order chi connectivity index (χ0) is 15.0. The molecule has 3 rings (SSSR count). The zero-order valence-electron chi connectivity index (χ0n) is 11.3. The van der Waals surface area contributed by atoms with Gasteiger partial charge in [-0.05, 0) is 43.4 Å². The third-order valence-corrected chi connectivity index (χ3v) is 4.68. The highest BCUT2D eigenvalue weighted by molar-refractivity contribution is 6.31. The van der Waals surface area contributed by atoms with Crippen molar-refractivity contribution < 1.29 is 9.72 Å². The van der Waals surface area contributed by atoms with Gasteiger partial charge in [-0.3, -0.25) is 14.9 Å². The Labute approximate surface area is 127 Å². The van der Waals surface area contributed by atoms with Gasteiger partial charge in [-0.25, -0.2) is 0 Å². The van der Waals surface area contributed by atoms with Crippen molar-refractivity contribution in [3.8, 4) is 0 Å². The second kappa shape index (κ2) is 5.61. The van der Waals surface area contributed by atoms with Gasteiger partial charge in [0.15, 0.2) is 0 Å². The van der Waals surface area contributed by atoms with Crippen LogP contribution in [0.2, 0.25) is 5.02 Å². The average Bonchev–Trinajstić information content (AvgIpc) is 3.00. The maximum atomic E-state index is 12.4. The molecule has 2 N–H and O–H groups in total. The zero-order valence-corrected chi connectivity index (χ0v) is 12.1. The molecule has 6 nitrogen and oxygen atoms in total. The largest absolute Gasteiger partial charge is 0.319 e. The van der Waals surface area contributed by atoms with E-state index in [1.807, 2.05) is 0 Å². The molecule has 1 saturated heterocycles. The van der Waals surface area contributed by atoms with E-state index in [9.17, 15) is 14.9 Å². The highest BCUT2D eigenvalue weighted by Gasteiger charge is 2.42. The minimum absolute atomic E-state index is 0.145. The summed E-state index contributed by atoms with van der Waals surface area (Å²) in [4.78, 5) is 22.9. The van der Waals surface area contributed by atoms with Gasteiger partial charge in [-0.1, -0.05) is 18.0 Å². The third-order valence-electron chi connectivity index (χ3n) is 4.44. The van der Waals surface area contributed by atoms with Crippen LogP contribution in [0.1, 0.15) is 19.3 Å². The molecule has 0 radical (unpaired) electrons. The van der Waals surface area contributed by atoms with E-state index in [4.69, 9.17) is 11.6 Å². The van der Waals surface area contributed by atoms with Gasteiger partial charge in [0.2, 0.25) is 5.91 Å². The standard InChI is InChI=1S/C14H16ClN3O3/c15-9-4-5-12(18(20)21)11(6-9)17-14(19)13-10-3-1-2-8(10)7-16-13/h4-6,8,10,13,16H,1-3,7H2,(H,17,19). The fourth-order valence-corrected chi connectivity index (χ4v) is 3.62. The Morgan fingerprint density at radius 1 is 1.43 bits per heavy atom. The number of carbonyl (C=O) groups excluding carboxylic acids is 1. The van der Waals surface area contributed by atoms with Crippen LogP contribution in [0.4, 0.5) is 11.4 Å². The number of fused-ring (bicyclic) bond motifs is 1. The number of hydrogen-bond acceptors (Lipinski definition) is 4. The van der Waals surface area contributed by atoms with Crippen molar-refractivity contribution in [2.45, 2.75) is 25.3 Å². The second-order valence-corrected chi connectivity index (χ2v) is 6.09. The molecule has 0 aromatic heterocycles. The second-order valence-electron chi connectivity index (χ2n) is 5.65. The number of carbonyl (C=O) groups is 1. The van der Waals surface area contributed by atoms with Gasteiger partial charge < -0.3 is 10.6 Å². The van der Waals surface area contributed by atoms with Gasteiger partial charge >= 0.3 is 0 Å². The number of nitrogens with zero attached hydrogens (tertiary/aromatic N) is 1. The molecular formula is C14H16ClN3O3. The molecule has 1 aliphatic carbocycles. The van der Waals surface area contributed by atoms with Crippen molar-refractivity contribution in [1.29, 1.82) is 0 Å². The number of hydrogen-bond donors (Lipinski definition) is 2. The smallest absolute Gasteiger partial charge is 0.292 e. The van der Waals surface area contributed by atoms with Crippen LogP contribution in [0.3, 0.4) is 0 Å². The minimum Gasteiger partial charge on any atom is -0.319 e. The molecule has 1 saturated carbocycles. The van der Waals surface area contributed by atoms with E-state index in [0.717, 1.165) is 25.8 Å². The van der Waals surface area contributed by atoms with Crippen LogP contribution >= 0.6 is 11.6 Å². The van der Waals surface area contributed by atoms with E-state index in [-0.39, 0.29) is 23.3 Å². The van der Waals surface area contributed by atoms with Gasteiger partial charge in [0.25, 0.3) is 5.69 Å². The first-order valence-electron chi connectivity index (χ1n) is 7.04. The summed E-state index contributed by atoms with van der Waals surface area (Å²) in [5, 5.41) is 17.3. The van der Waals surface area contributed by atoms with Crippen LogP contribution in [0.15, 0.2) is 18.2 Å². The summed E-state index contributed by atoms with van der Waals surface area (Å²) in [5.41, 5.74) is 0.00876. The first kappa shape index (κ1) is 14.3. The topological polar surface area (TPSA) is 84.3 Å². The number of amides is 1. The Kier molecular flexibility index (Phi) is 3.82. The normalized spacial score (nSPS) is 27.4. The molecule has 1 amide bonds. The molecule has 1 aromatic carbocycles. The highest BCUT2D eigenvalue weighted by atomic mass is 35.5. The lowest BCUT2D eigenvalue weighted by molar-refractivity contribution is -0.383. The Balaban J connectivity index is 1.78. The predicted molar refractivity (Wildman–Crippen MR) is 79.4 cm³/mol. The Morgan fingerprint density at radius 3 is 3.00 bits per heavy atom. The van der Waals surface area contributed by atoms with Crippen molar-refractivity contribution >= 4 is 28.9 Å². The quantitative estimate of drug-likeness (QED) is 0.664. The number of benzene rings is 1. The van der Waals surface area contributed by atoms with Crippen LogP contribution in [-0.2, 0) is 4.79 Å². The lowest BCUT2D eigenvalue weighted by atomic mass is 9.93. The van der Waals surface area contributed by atoms with E-state index in [1.165, 1.54) is 18.2 Å². The van der Waals surface area contributed by atoms with Gasteiger partial charge in [0.05, 0.1) is 11.0 Å². The van der Waals surface area contributed by atoms with Crippen molar-refractivity contribution in [1.82, 2.24) is 5.32 Å². The SMILES string of the molecule is O=C(Nc1cc(Cl)ccc1[N+](=O)[O-])C1NCC2CCCC21. The summed E-state index contributed by atoms with van der Waals surface area (Å²) in [6.07, 6.45) is 3.34. The number of anilines is 1. The summed E-state index contributed by atoms with van der Waals surface area (Å²) in [5.74, 6) is 0.674. The van der Waals surface area contributed by atoms with Crippen LogP contribution < -0.4 is 10.6 Å². The van der Waals surface area contributed by atoms with E-state index < -0.39 is 4.92 Å². The monoisotopic (exact) mass is 309 g/mol. The minimum atomic E-state index is -0.521. The molecule has 7 heteroatoms. The van der Waals surface area contributed by atoms with Crippen molar-refractivity contribution in [3.05, 3.63) is 33.3 Å². The molecule has 21 heavy (non-hydrogen) atoms. The van der Waals surface area contributed by atoms with Gasteiger partial charge in [-0.15, -0.1) is 0 Å². The number of nitrogens with one attached hydrogen (secondary N) is 2. The fraction of sp³-hybridized carbons (Fsp3) is 0.500. The van der Waals surface area contributed by atoms with Gasteiger partial charge in [0.1, 0.15) is 5.69 Å². The molecule has 0 spiro atoms. The number of nitro benzene ring substituents is 1. The molecule has 1 heterocycles. The van der Waals surface area contributed by atoms with E-state index >= 15 is 0 Å². The van der Waals surface area contributed by atoms with E-state index in [1.54, 1.807) is 0 Å². The molecular weight excluding hydrogens is 294 g/mol. The van der Waals surface area contributed by atoms with Gasteiger partial charge in [0, 0.05) is 11.1 Å². The van der Waals surface area contributed by atoms with Crippen molar-refractivity contribution in [3.63, 3.8) is 0 Å². The summed E-state index contributed by atoms with van der Waals surface area (Å²) in [7, 11) is 0. The number of nitro groups is 1. The third kappa shape index (κ3) is 2.73. The van der Waals surface area contributed by atoms with Crippen molar-refractivity contribution in [2.75, 3.05) is 11.9 Å². The predicted octanol–water partition coefficient (Wildman–Crippen LogP) is 2.57. The van der Waals surface area contributed by atoms with Crippen molar-refractivity contribution in [2.24, 2.45) is 11.8 Å². The van der Waals surface area contributed by atoms with Crippen LogP contribution in [0, 0.1) is 22.0 Å². The Bertz CT molecular complexity index is 593. The molecule has 2 fully saturated rings. The Morgan fingerprint density at radius 2 is 2.24 bits per heavy atom. The Hall–Kier alpha value is -1.66. The highest BCUT2D eigenvalue weighted by Crippen LogP contribution is 2.38. The molecule has 0 bridgehead atoms. The summed E-state index contributed by atoms with van der Waals surface area (Å²) in [6, 6.07) is 3.89. The van der Waals surface area contributed by atoms with E-state index in [0.29, 0.717) is 16.9 Å². The average molecular weight is 310 g/mol. The maximum Gasteiger partial charge on any atom is 0.292 e. The molecule has 2 aliphatic rings. The van der Waals surface area contributed by atoms with E-state index in [2.05, 4.69) is 10.6 Å². The van der Waals surface area contributed by atoms with Crippen LogP contribution in [0.25, 0.3) is 0 Å². The molecule has 3 unspecified atom stereocenters. The maximum absolute atomic E-state index is 12.4. The molecule has 112 valence electrons. The molecule has 3 atom stereocenters. The number of halogens is 1. The number of rotatable bonds is 3. The fourth-order valence-electron chi connectivity index (χ4n) is 3.45. The molecule has 1 aliphatic heterocycles. The van der Waals surface area contributed by atoms with Gasteiger partial charge in [-0.2, -0.15) is 0 Å². The summed E-state index contributed by atoms with van der Waals surface area (Å²) in [6.45, 7) is 0.848. The first-order valence-corrected chi connectivity index (χ1v) is 7.42. The lowest BCUT2D eigenvalue weighted by Gasteiger charge is -2.17. The van der Waals surface area contributed by atoms with Crippen LogP contribution in [0.5, 0.6) is 0 Å². The molecule has 1 aromatic rings. The lowest BCUT2D eigenvalue weighted by Crippen LogP contribution is -2.39. The van der Waals surface area contributed by atoms with Crippen LogP contribution in [-0.4, -0.2) is 23.4 Å². The summed E-state index contributed by atoms with van der Waals surface area (Å²) >= 11 is 5.86. The first-order chi connectivity index (χ1) is 10.1.